The second-order valence-electron chi connectivity index (χ2n) is 6.89. The number of aromatic nitrogens is 1. The first-order valence-corrected chi connectivity index (χ1v) is 9.85. The van der Waals surface area contributed by atoms with E-state index in [1.807, 2.05) is 42.5 Å². The van der Waals surface area contributed by atoms with Gasteiger partial charge in [-0.1, -0.05) is 69.4 Å². The summed E-state index contributed by atoms with van der Waals surface area (Å²) < 4.78 is 0. The number of nitrogens with zero attached hydrogens (tertiary/aromatic N) is 3. The van der Waals surface area contributed by atoms with Crippen molar-refractivity contribution in [1.82, 2.24) is 4.98 Å². The molecule has 0 spiro atoms. The van der Waals surface area contributed by atoms with Crippen molar-refractivity contribution in [1.29, 1.82) is 0 Å². The Kier molecular flexibility index (Phi) is 6.91. The van der Waals surface area contributed by atoms with Crippen molar-refractivity contribution in [2.45, 2.75) is 51.9 Å². The predicted octanol–water partition coefficient (Wildman–Crippen LogP) is 7.26. The molecule has 1 heterocycles. The Morgan fingerprint density at radius 2 is 1.70 bits per heavy atom. The summed E-state index contributed by atoms with van der Waals surface area (Å²) in [6.45, 7) is 2.24. The van der Waals surface area contributed by atoms with Gasteiger partial charge in [-0.2, -0.15) is 0 Å². The Hall–Kier alpha value is -2.75. The zero-order valence-corrected chi connectivity index (χ0v) is 15.9. The van der Waals surface area contributed by atoms with Crippen LogP contribution in [0.25, 0.3) is 10.8 Å². The van der Waals surface area contributed by atoms with Gasteiger partial charge in [0.05, 0.1) is 0 Å². The van der Waals surface area contributed by atoms with Gasteiger partial charge in [0.15, 0.2) is 5.82 Å². The highest BCUT2D eigenvalue weighted by atomic mass is 16.3. The highest BCUT2D eigenvalue weighted by molar-refractivity contribution is 5.95. The molecule has 3 aromatic rings. The number of phenolic OH excluding ortho intramolecular Hbond substituents is 1. The third-order valence-corrected chi connectivity index (χ3v) is 4.76. The van der Waals surface area contributed by atoms with Gasteiger partial charge in [-0.15, -0.1) is 10.2 Å². The van der Waals surface area contributed by atoms with E-state index in [1.54, 1.807) is 12.3 Å². The van der Waals surface area contributed by atoms with E-state index in [-0.39, 0.29) is 5.75 Å². The first kappa shape index (κ1) is 19.0. The van der Waals surface area contributed by atoms with Crippen molar-refractivity contribution in [2.75, 3.05) is 0 Å². The summed E-state index contributed by atoms with van der Waals surface area (Å²) in [6.07, 6.45) is 10.5. The molecular formula is C23H27N3O. The van der Waals surface area contributed by atoms with Gasteiger partial charge in [0, 0.05) is 11.6 Å². The van der Waals surface area contributed by atoms with E-state index >= 15 is 0 Å². The standard InChI is InChI=1S/C23H27N3O/c1-2-3-4-5-6-7-10-18-15-16-24-22(17-18)25-26-23-20-12-9-8-11-19(20)13-14-21(23)27/h8-9,11-17,27H,2-7,10H2,1H3. The van der Waals surface area contributed by atoms with Gasteiger partial charge in [0.25, 0.3) is 0 Å². The molecule has 140 valence electrons. The predicted molar refractivity (Wildman–Crippen MR) is 111 cm³/mol. The lowest BCUT2D eigenvalue weighted by molar-refractivity contribution is 0.477. The molecule has 0 saturated heterocycles. The average Bonchev–Trinajstić information content (AvgIpc) is 2.70. The second kappa shape index (κ2) is 9.81. The monoisotopic (exact) mass is 361 g/mol. The highest BCUT2D eigenvalue weighted by Gasteiger charge is 2.06. The Morgan fingerprint density at radius 3 is 2.59 bits per heavy atom. The number of aromatic hydroxyl groups is 1. The Labute approximate surface area is 161 Å². The number of azo groups is 1. The first-order valence-electron chi connectivity index (χ1n) is 9.85. The summed E-state index contributed by atoms with van der Waals surface area (Å²) in [5.41, 5.74) is 1.72. The number of benzene rings is 2. The SMILES string of the molecule is CCCCCCCCc1ccnc(N=Nc2c(O)ccc3ccccc23)c1. The van der Waals surface area contributed by atoms with Crippen LogP contribution in [-0.4, -0.2) is 10.1 Å². The Bertz CT molecular complexity index is 905. The Morgan fingerprint density at radius 1 is 0.889 bits per heavy atom. The van der Waals surface area contributed by atoms with Crippen molar-refractivity contribution in [3.63, 3.8) is 0 Å². The number of pyridine rings is 1. The lowest BCUT2D eigenvalue weighted by Crippen LogP contribution is -1.87. The van der Waals surface area contributed by atoms with E-state index in [9.17, 15) is 5.11 Å². The van der Waals surface area contributed by atoms with Crippen molar-refractivity contribution >= 4 is 22.3 Å². The van der Waals surface area contributed by atoms with E-state index in [0.717, 1.165) is 17.2 Å². The lowest BCUT2D eigenvalue weighted by atomic mass is 10.1. The molecule has 2 aromatic carbocycles. The van der Waals surface area contributed by atoms with Gasteiger partial charge in [-0.25, -0.2) is 4.98 Å². The topological polar surface area (TPSA) is 57.8 Å². The van der Waals surface area contributed by atoms with Crippen molar-refractivity contribution in [3.8, 4) is 5.75 Å². The summed E-state index contributed by atoms with van der Waals surface area (Å²) in [5, 5.41) is 20.6. The molecule has 1 aromatic heterocycles. The van der Waals surface area contributed by atoms with Gasteiger partial charge < -0.3 is 5.11 Å². The maximum absolute atomic E-state index is 10.2. The van der Waals surface area contributed by atoms with E-state index in [2.05, 4.69) is 22.1 Å². The molecule has 27 heavy (non-hydrogen) atoms. The van der Waals surface area contributed by atoms with Crippen LogP contribution in [0.4, 0.5) is 11.5 Å². The van der Waals surface area contributed by atoms with Crippen LogP contribution in [-0.2, 0) is 6.42 Å². The average molecular weight is 361 g/mol. The van der Waals surface area contributed by atoms with Crippen LogP contribution < -0.4 is 0 Å². The van der Waals surface area contributed by atoms with Crippen LogP contribution in [0.2, 0.25) is 0 Å². The normalized spacial score (nSPS) is 11.4. The molecule has 0 aliphatic rings. The van der Waals surface area contributed by atoms with Gasteiger partial charge in [0.2, 0.25) is 0 Å². The Balaban J connectivity index is 1.67. The zero-order chi connectivity index (χ0) is 18.9. The molecule has 4 heteroatoms. The number of hydrogen-bond donors (Lipinski definition) is 1. The maximum Gasteiger partial charge on any atom is 0.174 e. The second-order valence-corrected chi connectivity index (χ2v) is 6.89. The third kappa shape index (κ3) is 5.36. The molecule has 0 aliphatic carbocycles. The fraction of sp³-hybridized carbons (Fsp3) is 0.348. The van der Waals surface area contributed by atoms with Crippen LogP contribution in [0.15, 0.2) is 65.0 Å². The van der Waals surface area contributed by atoms with Crippen LogP contribution in [0, 0.1) is 0 Å². The zero-order valence-electron chi connectivity index (χ0n) is 15.9. The lowest BCUT2D eigenvalue weighted by Gasteiger charge is -2.04. The van der Waals surface area contributed by atoms with E-state index in [0.29, 0.717) is 11.5 Å². The number of fused-ring (bicyclic) bond motifs is 1. The highest BCUT2D eigenvalue weighted by Crippen LogP contribution is 2.35. The fourth-order valence-corrected chi connectivity index (χ4v) is 3.23. The molecule has 0 radical (unpaired) electrons. The molecule has 0 amide bonds. The van der Waals surface area contributed by atoms with Crippen molar-refractivity contribution in [3.05, 3.63) is 60.3 Å². The molecule has 0 saturated carbocycles. The summed E-state index contributed by atoms with van der Waals surface area (Å²) in [5.74, 6) is 0.700. The quantitative estimate of drug-likeness (QED) is 0.322. The number of hydrogen-bond acceptors (Lipinski definition) is 4. The molecule has 0 atom stereocenters. The summed E-state index contributed by atoms with van der Waals surface area (Å²) in [7, 11) is 0. The third-order valence-electron chi connectivity index (χ3n) is 4.76. The number of phenols is 1. The van der Waals surface area contributed by atoms with Crippen LogP contribution in [0.1, 0.15) is 51.0 Å². The van der Waals surface area contributed by atoms with Crippen LogP contribution >= 0.6 is 0 Å². The van der Waals surface area contributed by atoms with Gasteiger partial charge >= 0.3 is 0 Å². The minimum Gasteiger partial charge on any atom is -0.506 e. The molecule has 3 rings (SSSR count). The minimum absolute atomic E-state index is 0.126. The molecule has 4 nitrogen and oxygen atoms in total. The molecule has 0 unspecified atom stereocenters. The molecule has 0 aliphatic heterocycles. The smallest absolute Gasteiger partial charge is 0.174 e. The van der Waals surface area contributed by atoms with Gasteiger partial charge in [0.1, 0.15) is 11.4 Å². The number of aryl methyl sites for hydroxylation is 1. The molecule has 0 fully saturated rings. The summed E-state index contributed by atoms with van der Waals surface area (Å²) in [4.78, 5) is 4.29. The van der Waals surface area contributed by atoms with E-state index < -0.39 is 0 Å². The summed E-state index contributed by atoms with van der Waals surface area (Å²) in [6, 6.07) is 15.4. The maximum atomic E-state index is 10.2. The largest absolute Gasteiger partial charge is 0.506 e. The summed E-state index contributed by atoms with van der Waals surface area (Å²) >= 11 is 0. The van der Waals surface area contributed by atoms with Crippen molar-refractivity contribution < 1.29 is 5.11 Å². The minimum atomic E-state index is 0.126. The van der Waals surface area contributed by atoms with E-state index in [4.69, 9.17) is 0 Å². The number of unbranched alkanes of at least 4 members (excludes halogenated alkanes) is 5. The van der Waals surface area contributed by atoms with Gasteiger partial charge in [-0.3, -0.25) is 0 Å². The first-order chi connectivity index (χ1) is 13.3. The van der Waals surface area contributed by atoms with Crippen LogP contribution in [0.5, 0.6) is 5.75 Å². The van der Waals surface area contributed by atoms with Crippen molar-refractivity contribution in [2.24, 2.45) is 10.2 Å². The van der Waals surface area contributed by atoms with Gasteiger partial charge in [-0.05, 0) is 42.0 Å². The molecule has 0 bridgehead atoms. The van der Waals surface area contributed by atoms with Crippen LogP contribution in [0.3, 0.4) is 0 Å². The van der Waals surface area contributed by atoms with E-state index in [1.165, 1.54) is 44.1 Å². The molecular weight excluding hydrogens is 334 g/mol. The molecule has 1 N–H and O–H groups in total. The number of rotatable bonds is 9. The fourth-order valence-electron chi connectivity index (χ4n) is 3.23.